The van der Waals surface area contributed by atoms with Gasteiger partial charge in [0.1, 0.15) is 0 Å². The van der Waals surface area contributed by atoms with Gasteiger partial charge < -0.3 is 0 Å². The van der Waals surface area contributed by atoms with E-state index in [9.17, 15) is 0 Å². The van der Waals surface area contributed by atoms with Crippen LogP contribution in [0.2, 0.25) is 0 Å². The second-order valence-corrected chi connectivity index (χ2v) is 10.1. The quantitative estimate of drug-likeness (QED) is 0.316. The van der Waals surface area contributed by atoms with Crippen LogP contribution in [0.25, 0.3) is 0 Å². The fourth-order valence-corrected chi connectivity index (χ4v) is 6.97. The fourth-order valence-electron chi connectivity index (χ4n) is 6.97. The van der Waals surface area contributed by atoms with Gasteiger partial charge in [-0.05, 0) is 102 Å². The minimum atomic E-state index is -0.155. The Hall–Kier alpha value is -3.12. The number of benzene rings is 4. The molecule has 0 spiro atoms. The van der Waals surface area contributed by atoms with Crippen molar-refractivity contribution >= 4 is 0 Å². The predicted molar refractivity (Wildman–Crippen MR) is 134 cm³/mol. The van der Waals surface area contributed by atoms with Crippen molar-refractivity contribution in [3.63, 3.8) is 0 Å². The molecule has 0 aliphatic heterocycles. The molecule has 32 heavy (non-hydrogen) atoms. The second-order valence-electron chi connectivity index (χ2n) is 10.1. The molecule has 0 heterocycles. The molecule has 0 nitrogen and oxygen atoms in total. The smallest absolute Gasteiger partial charge is 0.0503 e. The largest absolute Gasteiger partial charge is 0.0619 e. The van der Waals surface area contributed by atoms with Gasteiger partial charge in [-0.3, -0.25) is 0 Å². The van der Waals surface area contributed by atoms with Crippen LogP contribution in [0.3, 0.4) is 0 Å². The molecule has 0 N–H and O–H groups in total. The number of hydrogen-bond acceptors (Lipinski definition) is 0. The molecule has 3 aliphatic rings. The van der Waals surface area contributed by atoms with Crippen molar-refractivity contribution in [2.24, 2.45) is 0 Å². The Kier molecular flexibility index (Phi) is 4.09. The number of hydrogen-bond donors (Lipinski definition) is 0. The molecule has 0 amide bonds. The summed E-state index contributed by atoms with van der Waals surface area (Å²) in [4.78, 5) is 0. The molecule has 7 rings (SSSR count). The summed E-state index contributed by atoms with van der Waals surface area (Å²) in [5.41, 5.74) is 17.4. The Balaban J connectivity index is 1.78. The van der Waals surface area contributed by atoms with E-state index >= 15 is 0 Å². The van der Waals surface area contributed by atoms with E-state index in [-0.39, 0.29) is 5.41 Å². The lowest BCUT2D eigenvalue weighted by Gasteiger charge is -2.52. The second kappa shape index (κ2) is 6.69. The van der Waals surface area contributed by atoms with Crippen LogP contribution in [-0.4, -0.2) is 0 Å². The van der Waals surface area contributed by atoms with Crippen LogP contribution in [-0.2, 0) is 11.8 Å². The average Bonchev–Trinajstić information content (AvgIpc) is 2.78. The highest BCUT2D eigenvalue weighted by atomic mass is 14.5. The van der Waals surface area contributed by atoms with Gasteiger partial charge in [0.2, 0.25) is 0 Å². The third-order valence-electron chi connectivity index (χ3n) is 8.13. The minimum Gasteiger partial charge on any atom is -0.0619 e. The lowest BCUT2D eigenvalue weighted by molar-refractivity contribution is 0.533. The van der Waals surface area contributed by atoms with E-state index < -0.39 is 0 Å². The summed E-state index contributed by atoms with van der Waals surface area (Å²) in [5.74, 6) is 0.333. The van der Waals surface area contributed by atoms with Crippen LogP contribution in [0, 0.1) is 34.6 Å². The summed E-state index contributed by atoms with van der Waals surface area (Å²) in [7, 11) is 0. The first-order chi connectivity index (χ1) is 15.4. The van der Waals surface area contributed by atoms with Crippen molar-refractivity contribution in [2.75, 3.05) is 0 Å². The Bertz CT molecular complexity index is 1330. The lowest BCUT2D eigenvalue weighted by atomic mass is 9.50. The van der Waals surface area contributed by atoms with Gasteiger partial charge in [-0.1, -0.05) is 78.4 Å². The molecular weight excluding hydrogens is 384 g/mol. The van der Waals surface area contributed by atoms with E-state index in [1.807, 2.05) is 0 Å². The van der Waals surface area contributed by atoms with Crippen LogP contribution >= 0.6 is 0 Å². The van der Waals surface area contributed by atoms with Crippen molar-refractivity contribution in [1.82, 2.24) is 0 Å². The van der Waals surface area contributed by atoms with Gasteiger partial charge in [-0.15, -0.1) is 0 Å². The Labute approximate surface area is 192 Å². The molecule has 0 radical (unpaired) electrons. The summed E-state index contributed by atoms with van der Waals surface area (Å²) in [6.45, 7) is 11.4. The van der Waals surface area contributed by atoms with Crippen molar-refractivity contribution in [2.45, 2.75) is 52.4 Å². The monoisotopic (exact) mass is 414 g/mol. The molecule has 2 bridgehead atoms. The molecule has 158 valence electrons. The summed E-state index contributed by atoms with van der Waals surface area (Å²) in [6, 6.07) is 27.9. The summed E-state index contributed by atoms with van der Waals surface area (Å²) < 4.78 is 0. The highest BCUT2D eigenvalue weighted by Crippen LogP contribution is 2.61. The maximum absolute atomic E-state index is 2.40. The molecule has 0 unspecified atom stereocenters. The zero-order valence-electron chi connectivity index (χ0n) is 19.7. The topological polar surface area (TPSA) is 0 Å². The third kappa shape index (κ3) is 2.39. The van der Waals surface area contributed by atoms with Crippen LogP contribution in [0.1, 0.15) is 72.7 Å². The Morgan fingerprint density at radius 3 is 1.75 bits per heavy atom. The maximum Gasteiger partial charge on any atom is 0.0503 e. The van der Waals surface area contributed by atoms with Crippen LogP contribution < -0.4 is 0 Å². The maximum atomic E-state index is 2.40. The fraction of sp³-hybridized carbons (Fsp3) is 0.250. The summed E-state index contributed by atoms with van der Waals surface area (Å²) >= 11 is 0. The van der Waals surface area contributed by atoms with Gasteiger partial charge in [0, 0.05) is 5.92 Å². The number of aryl methyl sites for hydroxylation is 5. The normalized spacial score (nSPS) is 20.0. The summed E-state index contributed by atoms with van der Waals surface area (Å²) in [6.07, 6.45) is 1.00. The van der Waals surface area contributed by atoms with Crippen molar-refractivity contribution in [1.29, 1.82) is 0 Å². The van der Waals surface area contributed by atoms with E-state index in [0.29, 0.717) is 5.92 Å². The molecular formula is C32H30. The lowest BCUT2D eigenvalue weighted by Crippen LogP contribution is -2.45. The van der Waals surface area contributed by atoms with Gasteiger partial charge in [0.25, 0.3) is 0 Å². The average molecular weight is 415 g/mol. The van der Waals surface area contributed by atoms with Gasteiger partial charge in [0.15, 0.2) is 0 Å². The van der Waals surface area contributed by atoms with E-state index in [2.05, 4.69) is 107 Å². The van der Waals surface area contributed by atoms with Gasteiger partial charge in [-0.25, -0.2) is 0 Å². The van der Waals surface area contributed by atoms with E-state index in [1.165, 1.54) is 55.6 Å². The first kappa shape index (κ1) is 19.6. The first-order valence-electron chi connectivity index (χ1n) is 11.8. The summed E-state index contributed by atoms with van der Waals surface area (Å²) in [5, 5.41) is 0. The first-order valence-corrected chi connectivity index (χ1v) is 11.8. The van der Waals surface area contributed by atoms with E-state index in [4.69, 9.17) is 0 Å². The van der Waals surface area contributed by atoms with E-state index in [0.717, 1.165) is 6.42 Å². The Morgan fingerprint density at radius 2 is 1.16 bits per heavy atom. The molecule has 0 saturated carbocycles. The molecule has 3 aliphatic carbocycles. The van der Waals surface area contributed by atoms with Gasteiger partial charge in [0.05, 0.1) is 5.41 Å². The highest BCUT2D eigenvalue weighted by molar-refractivity contribution is 5.75. The molecule has 0 atom stereocenters. The van der Waals surface area contributed by atoms with Crippen molar-refractivity contribution < 1.29 is 0 Å². The van der Waals surface area contributed by atoms with Gasteiger partial charge in [-0.2, -0.15) is 0 Å². The van der Waals surface area contributed by atoms with Crippen LogP contribution in [0.5, 0.6) is 0 Å². The zero-order chi connectivity index (χ0) is 22.2. The predicted octanol–water partition coefficient (Wildman–Crippen LogP) is 7.61. The van der Waals surface area contributed by atoms with Gasteiger partial charge >= 0.3 is 0 Å². The molecule has 4 aromatic rings. The van der Waals surface area contributed by atoms with E-state index in [1.54, 1.807) is 11.1 Å². The minimum absolute atomic E-state index is 0.155. The SMILES string of the molecule is Cc1cc(C)c(CC23c4ccccc4C(c4ccccc42)c2c(C)ccc(C)c23)c(C)c1. The third-order valence-corrected chi connectivity index (χ3v) is 8.13. The zero-order valence-corrected chi connectivity index (χ0v) is 19.7. The molecule has 0 saturated heterocycles. The highest BCUT2D eigenvalue weighted by Gasteiger charge is 2.52. The van der Waals surface area contributed by atoms with Crippen molar-refractivity contribution in [3.8, 4) is 0 Å². The standard InChI is InChI=1S/C32H30/c1-19-16-22(4)26(23(5)17-19)18-32-27-12-8-6-10-24(27)30(25-11-7-9-13-28(25)32)29-20(2)14-15-21(3)31(29)32/h6-17,30H,18H2,1-5H3. The molecule has 0 heteroatoms. The number of rotatable bonds is 2. The van der Waals surface area contributed by atoms with Crippen molar-refractivity contribution in [3.05, 3.63) is 140 Å². The van der Waals surface area contributed by atoms with Crippen LogP contribution in [0.4, 0.5) is 0 Å². The van der Waals surface area contributed by atoms with Crippen LogP contribution in [0.15, 0.2) is 72.8 Å². The molecule has 4 aromatic carbocycles. The molecule has 0 fully saturated rings. The Morgan fingerprint density at radius 1 is 0.625 bits per heavy atom. The molecule has 0 aromatic heterocycles.